The van der Waals surface area contributed by atoms with Crippen LogP contribution in [-0.2, 0) is 20.2 Å². The zero-order valence-electron chi connectivity index (χ0n) is 18.5. The first-order chi connectivity index (χ1) is 14.3. The first kappa shape index (κ1) is 26.8. The Hall–Kier alpha value is -1.28. The van der Waals surface area contributed by atoms with Crippen LogP contribution in [0.25, 0.3) is 0 Å². The normalized spacial score (nSPS) is 12.1. The largest absolute Gasteiger partial charge is 0.382 e. The fourth-order valence-corrected chi connectivity index (χ4v) is 5.15. The van der Waals surface area contributed by atoms with Gasteiger partial charge in [0.2, 0.25) is 0 Å². The fraction of sp³-hybridized carbons (Fsp3) is 0.727. The fourth-order valence-electron chi connectivity index (χ4n) is 3.07. The van der Waals surface area contributed by atoms with E-state index in [1.54, 1.807) is 0 Å². The molecule has 0 aromatic heterocycles. The molecule has 0 saturated carbocycles. The van der Waals surface area contributed by atoms with E-state index >= 15 is 0 Å². The maximum atomic E-state index is 12.2. The molecule has 0 saturated heterocycles. The minimum atomic E-state index is -3.72. The monoisotopic (exact) mass is 462 g/mol. The number of unbranched alkanes of at least 4 members (excludes halogenated alkanes) is 10. The van der Waals surface area contributed by atoms with Gasteiger partial charge in [-0.25, -0.2) is 0 Å². The molecule has 0 atom stereocenters. The lowest BCUT2D eigenvalue weighted by Gasteiger charge is -2.10. The third-order valence-electron chi connectivity index (χ3n) is 4.75. The third-order valence-corrected chi connectivity index (χ3v) is 7.22. The van der Waals surface area contributed by atoms with Gasteiger partial charge < -0.3 is 8.37 Å². The molecule has 0 fully saturated rings. The third kappa shape index (κ3) is 13.1. The van der Waals surface area contributed by atoms with E-state index in [0.29, 0.717) is 12.8 Å². The highest BCUT2D eigenvalue weighted by molar-refractivity contribution is 7.87. The molecule has 0 unspecified atom stereocenters. The molecule has 6 nitrogen and oxygen atoms in total. The molecule has 1 aromatic rings. The molecule has 1 rings (SSSR count). The van der Waals surface area contributed by atoms with Gasteiger partial charge >= 0.3 is 20.2 Å². The van der Waals surface area contributed by atoms with E-state index in [1.165, 1.54) is 24.3 Å². The molecule has 0 radical (unpaired) electrons. The summed E-state index contributed by atoms with van der Waals surface area (Å²) in [5.41, 5.74) is 0. The number of hydrogen-bond donors (Lipinski definition) is 0. The van der Waals surface area contributed by atoms with Gasteiger partial charge in [-0.05, 0) is 25.0 Å². The molecule has 0 aliphatic rings. The van der Waals surface area contributed by atoms with Gasteiger partial charge in [-0.1, -0.05) is 84.1 Å². The topological polar surface area (TPSA) is 86.7 Å². The molecule has 30 heavy (non-hydrogen) atoms. The van der Waals surface area contributed by atoms with Crippen LogP contribution >= 0.6 is 0 Å². The van der Waals surface area contributed by atoms with Crippen LogP contribution in [0.3, 0.4) is 0 Å². The van der Waals surface area contributed by atoms with Crippen molar-refractivity contribution < 1.29 is 25.2 Å². The molecule has 0 N–H and O–H groups in total. The lowest BCUT2D eigenvalue weighted by Crippen LogP contribution is -2.15. The minimum Gasteiger partial charge on any atom is -0.382 e. The van der Waals surface area contributed by atoms with E-state index in [1.807, 2.05) is 0 Å². The van der Waals surface area contributed by atoms with Crippen molar-refractivity contribution >= 4 is 20.2 Å². The summed E-state index contributed by atoms with van der Waals surface area (Å²) in [6.45, 7) is 4.27. The van der Waals surface area contributed by atoms with Crippen molar-refractivity contribution in [2.75, 3.05) is 11.5 Å². The Morgan fingerprint density at radius 1 is 0.600 bits per heavy atom. The van der Waals surface area contributed by atoms with Crippen LogP contribution in [0.4, 0.5) is 0 Å². The second-order valence-electron chi connectivity index (χ2n) is 7.70. The van der Waals surface area contributed by atoms with Crippen LogP contribution in [-0.4, -0.2) is 28.3 Å². The zero-order chi connectivity index (χ0) is 22.3. The average molecular weight is 463 g/mol. The smallest absolute Gasteiger partial charge is 0.309 e. The van der Waals surface area contributed by atoms with E-state index < -0.39 is 20.2 Å². The molecular weight excluding hydrogens is 424 g/mol. The highest BCUT2D eigenvalue weighted by atomic mass is 32.2. The summed E-state index contributed by atoms with van der Waals surface area (Å²) < 4.78 is 58.9. The lowest BCUT2D eigenvalue weighted by atomic mass is 10.1. The standard InChI is InChI=1S/C22H38O6S2/c1-3-5-7-9-11-13-18-29(23,24)27-21-16-15-17-22(20-21)28-30(25,26)19-14-12-10-8-6-4-2/h15-17,20H,3-14,18-19H2,1-2H3. The lowest BCUT2D eigenvalue weighted by molar-refractivity contribution is 0.472. The summed E-state index contributed by atoms with van der Waals surface area (Å²) in [5, 5.41) is 0. The molecule has 0 bridgehead atoms. The molecule has 8 heteroatoms. The van der Waals surface area contributed by atoms with Crippen molar-refractivity contribution in [3.63, 3.8) is 0 Å². The number of benzene rings is 1. The van der Waals surface area contributed by atoms with E-state index in [2.05, 4.69) is 13.8 Å². The van der Waals surface area contributed by atoms with Crippen LogP contribution in [0, 0.1) is 0 Å². The Morgan fingerprint density at radius 2 is 0.967 bits per heavy atom. The van der Waals surface area contributed by atoms with Gasteiger partial charge in [0.05, 0.1) is 11.5 Å². The van der Waals surface area contributed by atoms with Crippen molar-refractivity contribution in [3.05, 3.63) is 24.3 Å². The van der Waals surface area contributed by atoms with E-state index in [4.69, 9.17) is 8.37 Å². The second kappa shape index (κ2) is 14.7. The molecular formula is C22H38O6S2. The van der Waals surface area contributed by atoms with Gasteiger partial charge in [0.1, 0.15) is 11.5 Å². The van der Waals surface area contributed by atoms with Crippen molar-refractivity contribution in [1.82, 2.24) is 0 Å². The molecule has 0 aliphatic heterocycles. The number of rotatable bonds is 18. The summed E-state index contributed by atoms with van der Waals surface area (Å²) in [5.74, 6) is 0.0163. The Labute approximate surface area is 183 Å². The van der Waals surface area contributed by atoms with Crippen molar-refractivity contribution in [2.45, 2.75) is 90.9 Å². The molecule has 174 valence electrons. The highest BCUT2D eigenvalue weighted by Gasteiger charge is 2.16. The van der Waals surface area contributed by atoms with Crippen LogP contribution in [0.5, 0.6) is 11.5 Å². The first-order valence-corrected chi connectivity index (χ1v) is 14.4. The zero-order valence-corrected chi connectivity index (χ0v) is 20.1. The Balaban J connectivity index is 2.47. The van der Waals surface area contributed by atoms with Crippen LogP contribution in [0.2, 0.25) is 0 Å². The maximum absolute atomic E-state index is 12.2. The van der Waals surface area contributed by atoms with Gasteiger partial charge in [-0.15, -0.1) is 0 Å². The summed E-state index contributed by atoms with van der Waals surface area (Å²) in [6.07, 6.45) is 11.7. The van der Waals surface area contributed by atoms with Crippen molar-refractivity contribution in [2.24, 2.45) is 0 Å². The van der Waals surface area contributed by atoms with Crippen LogP contribution in [0.15, 0.2) is 24.3 Å². The van der Waals surface area contributed by atoms with Gasteiger partial charge in [0, 0.05) is 6.07 Å². The van der Waals surface area contributed by atoms with Gasteiger partial charge in [0.25, 0.3) is 0 Å². The Morgan fingerprint density at radius 3 is 1.37 bits per heavy atom. The van der Waals surface area contributed by atoms with Gasteiger partial charge in [-0.2, -0.15) is 16.8 Å². The van der Waals surface area contributed by atoms with Gasteiger partial charge in [-0.3, -0.25) is 0 Å². The van der Waals surface area contributed by atoms with Crippen molar-refractivity contribution in [1.29, 1.82) is 0 Å². The quantitative estimate of drug-likeness (QED) is 0.202. The molecule has 1 aromatic carbocycles. The number of hydrogen-bond acceptors (Lipinski definition) is 6. The average Bonchev–Trinajstić information content (AvgIpc) is 2.67. The summed E-state index contributed by atoms with van der Waals surface area (Å²) >= 11 is 0. The van der Waals surface area contributed by atoms with Crippen molar-refractivity contribution in [3.8, 4) is 11.5 Å². The summed E-state index contributed by atoms with van der Waals surface area (Å²) in [4.78, 5) is 0. The SMILES string of the molecule is CCCCCCCCS(=O)(=O)Oc1cccc(OS(=O)(=O)CCCCCCCC)c1. The van der Waals surface area contributed by atoms with E-state index in [0.717, 1.165) is 64.2 Å². The van der Waals surface area contributed by atoms with E-state index in [-0.39, 0.29) is 23.0 Å². The predicted molar refractivity (Wildman–Crippen MR) is 122 cm³/mol. The predicted octanol–water partition coefficient (Wildman–Crippen LogP) is 5.82. The first-order valence-electron chi connectivity index (χ1n) is 11.2. The molecule has 0 spiro atoms. The summed E-state index contributed by atoms with van der Waals surface area (Å²) in [6, 6.07) is 5.78. The Kier molecular flexibility index (Phi) is 13.1. The molecule has 0 aliphatic carbocycles. The second-order valence-corrected chi connectivity index (χ2v) is 11.1. The Bertz CT molecular complexity index is 724. The van der Waals surface area contributed by atoms with Gasteiger partial charge in [0.15, 0.2) is 0 Å². The van der Waals surface area contributed by atoms with Crippen LogP contribution < -0.4 is 8.37 Å². The summed E-state index contributed by atoms with van der Waals surface area (Å²) in [7, 11) is -7.44. The van der Waals surface area contributed by atoms with Crippen LogP contribution in [0.1, 0.15) is 90.9 Å². The maximum Gasteiger partial charge on any atom is 0.309 e. The molecule has 0 heterocycles. The van der Waals surface area contributed by atoms with E-state index in [9.17, 15) is 16.8 Å². The molecule has 0 amide bonds. The minimum absolute atomic E-state index is 0.0550. The highest BCUT2D eigenvalue weighted by Crippen LogP contribution is 2.23.